The molecule has 0 aliphatic rings. The van der Waals surface area contributed by atoms with Gasteiger partial charge in [-0.25, -0.2) is 13.8 Å². The van der Waals surface area contributed by atoms with Gasteiger partial charge in [-0.15, -0.1) is 22.7 Å². The lowest BCUT2D eigenvalue weighted by Crippen LogP contribution is -2.38. The molecule has 2 N–H and O–H groups in total. The van der Waals surface area contributed by atoms with Gasteiger partial charge >= 0.3 is 0 Å². The fourth-order valence-electron chi connectivity index (χ4n) is 1.71. The molecule has 9 heteroatoms. The van der Waals surface area contributed by atoms with Gasteiger partial charge in [0.15, 0.2) is 4.96 Å². The third-order valence-corrected chi connectivity index (χ3v) is 4.48. The number of thiophene rings is 1. The quantitative estimate of drug-likeness (QED) is 0.773. The molecule has 0 radical (unpaired) electrons. The van der Waals surface area contributed by atoms with E-state index in [0.29, 0.717) is 9.71 Å². The lowest BCUT2D eigenvalue weighted by molar-refractivity contribution is -0.0461. The molecule has 0 atom stereocenters. The predicted octanol–water partition coefficient (Wildman–Crippen LogP) is 1.97. The molecule has 0 aliphatic heterocycles. The standard InChI is InChI=1S/C11H9F2N3O2S2/c12-11(13,5-17)4-14-8(18)7-3-6-9(20-7)15-10-16(6)1-2-19-10/h1-3,17H,4-5H2,(H,14,18). The number of imidazole rings is 1. The van der Waals surface area contributed by atoms with Gasteiger partial charge in [-0.1, -0.05) is 0 Å². The number of halogens is 2. The van der Waals surface area contributed by atoms with E-state index in [-0.39, 0.29) is 0 Å². The number of alkyl halides is 2. The van der Waals surface area contributed by atoms with Crippen molar-refractivity contribution in [2.75, 3.05) is 13.2 Å². The van der Waals surface area contributed by atoms with Crippen LogP contribution in [0.3, 0.4) is 0 Å². The molecule has 0 unspecified atom stereocenters. The molecule has 0 aromatic carbocycles. The maximum Gasteiger partial charge on any atom is 0.287 e. The Balaban J connectivity index is 1.82. The highest BCUT2D eigenvalue weighted by Gasteiger charge is 2.28. The summed E-state index contributed by atoms with van der Waals surface area (Å²) in [6.45, 7) is -2.18. The Bertz CT molecular complexity index is 777. The number of thiazole rings is 1. The number of rotatable bonds is 4. The molecular formula is C11H9F2N3O2S2. The van der Waals surface area contributed by atoms with E-state index in [9.17, 15) is 13.6 Å². The summed E-state index contributed by atoms with van der Waals surface area (Å²) in [5.74, 6) is -3.90. The van der Waals surface area contributed by atoms with Crippen molar-refractivity contribution in [3.8, 4) is 0 Å². The number of aliphatic hydroxyl groups excluding tert-OH is 1. The molecule has 5 nitrogen and oxygen atoms in total. The highest BCUT2D eigenvalue weighted by atomic mass is 32.1. The van der Waals surface area contributed by atoms with Crippen molar-refractivity contribution in [3.05, 3.63) is 22.5 Å². The van der Waals surface area contributed by atoms with Crippen LogP contribution in [-0.2, 0) is 0 Å². The molecule has 106 valence electrons. The van der Waals surface area contributed by atoms with Crippen LogP contribution in [0.4, 0.5) is 8.78 Å². The van der Waals surface area contributed by atoms with E-state index in [1.807, 2.05) is 16.0 Å². The van der Waals surface area contributed by atoms with Gasteiger partial charge in [0.25, 0.3) is 11.8 Å². The van der Waals surface area contributed by atoms with Crippen LogP contribution in [-0.4, -0.2) is 39.5 Å². The van der Waals surface area contributed by atoms with Crippen molar-refractivity contribution in [3.63, 3.8) is 0 Å². The van der Waals surface area contributed by atoms with Crippen molar-refractivity contribution in [1.29, 1.82) is 0 Å². The van der Waals surface area contributed by atoms with E-state index in [4.69, 9.17) is 5.11 Å². The summed E-state index contributed by atoms with van der Waals surface area (Å²) in [5.41, 5.74) is 0.783. The molecule has 3 aromatic rings. The Morgan fingerprint density at radius 1 is 1.55 bits per heavy atom. The van der Waals surface area contributed by atoms with Crippen LogP contribution < -0.4 is 5.32 Å². The van der Waals surface area contributed by atoms with Crippen LogP contribution in [0.2, 0.25) is 0 Å². The van der Waals surface area contributed by atoms with Crippen LogP contribution in [0.5, 0.6) is 0 Å². The summed E-state index contributed by atoms with van der Waals surface area (Å²) in [6, 6.07) is 1.62. The number of nitrogens with one attached hydrogen (secondary N) is 1. The number of carbonyl (C=O) groups is 1. The van der Waals surface area contributed by atoms with Crippen LogP contribution in [0.15, 0.2) is 17.6 Å². The number of fused-ring (bicyclic) bond motifs is 3. The highest BCUT2D eigenvalue weighted by molar-refractivity contribution is 7.21. The van der Waals surface area contributed by atoms with Crippen molar-refractivity contribution >= 4 is 43.9 Å². The second-order valence-corrected chi connectivity index (χ2v) is 6.07. The molecule has 20 heavy (non-hydrogen) atoms. The number of amides is 1. The van der Waals surface area contributed by atoms with Crippen LogP contribution >= 0.6 is 22.7 Å². The van der Waals surface area contributed by atoms with E-state index >= 15 is 0 Å². The minimum atomic E-state index is -3.31. The molecule has 0 saturated carbocycles. The lowest BCUT2D eigenvalue weighted by Gasteiger charge is -2.13. The molecule has 3 heterocycles. The first-order valence-corrected chi connectivity index (χ1v) is 7.32. The minimum absolute atomic E-state index is 0.317. The first kappa shape index (κ1) is 13.4. The first-order chi connectivity index (χ1) is 9.50. The predicted molar refractivity (Wildman–Crippen MR) is 72.8 cm³/mol. The molecule has 0 spiro atoms. The third kappa shape index (κ3) is 2.28. The molecule has 3 aromatic heterocycles. The van der Waals surface area contributed by atoms with Gasteiger partial charge in [0.05, 0.1) is 16.9 Å². The lowest BCUT2D eigenvalue weighted by atomic mass is 10.3. The summed E-state index contributed by atoms with van der Waals surface area (Å²) in [6.07, 6.45) is 1.84. The van der Waals surface area contributed by atoms with Crippen LogP contribution in [0.1, 0.15) is 9.67 Å². The molecule has 0 saturated heterocycles. The Morgan fingerprint density at radius 2 is 2.35 bits per heavy atom. The normalized spacial score (nSPS) is 12.3. The Hall–Kier alpha value is -1.58. The summed E-state index contributed by atoms with van der Waals surface area (Å²) in [7, 11) is 0. The fourth-order valence-corrected chi connectivity index (χ4v) is 3.43. The van der Waals surface area contributed by atoms with Crippen molar-refractivity contribution < 1.29 is 18.7 Å². The smallest absolute Gasteiger partial charge is 0.287 e. The van der Waals surface area contributed by atoms with Crippen LogP contribution in [0.25, 0.3) is 15.3 Å². The Labute approximate surface area is 119 Å². The zero-order valence-corrected chi connectivity index (χ0v) is 11.6. The second kappa shape index (κ2) is 4.76. The zero-order chi connectivity index (χ0) is 14.3. The average Bonchev–Trinajstić information content (AvgIpc) is 3.06. The van der Waals surface area contributed by atoms with Crippen molar-refractivity contribution in [1.82, 2.24) is 14.7 Å². The van der Waals surface area contributed by atoms with Crippen molar-refractivity contribution in [2.45, 2.75) is 5.92 Å². The summed E-state index contributed by atoms with van der Waals surface area (Å²) in [4.78, 5) is 18.0. The number of hydrogen-bond donors (Lipinski definition) is 2. The minimum Gasteiger partial charge on any atom is -0.390 e. The molecule has 0 bridgehead atoms. The Morgan fingerprint density at radius 3 is 3.10 bits per heavy atom. The van der Waals surface area contributed by atoms with Gasteiger partial charge in [0.2, 0.25) is 0 Å². The maximum absolute atomic E-state index is 12.9. The van der Waals surface area contributed by atoms with E-state index in [1.165, 1.54) is 11.3 Å². The molecule has 1 amide bonds. The summed E-state index contributed by atoms with van der Waals surface area (Å²) in [5, 5.41) is 12.4. The van der Waals surface area contributed by atoms with E-state index in [2.05, 4.69) is 10.3 Å². The average molecular weight is 317 g/mol. The molecular weight excluding hydrogens is 308 g/mol. The second-order valence-electron chi connectivity index (χ2n) is 4.17. The zero-order valence-electron chi connectivity index (χ0n) is 9.97. The van der Waals surface area contributed by atoms with Gasteiger partial charge in [-0.3, -0.25) is 9.20 Å². The monoisotopic (exact) mass is 317 g/mol. The number of aromatic nitrogens is 2. The third-order valence-electron chi connectivity index (χ3n) is 2.70. The number of hydrogen-bond acceptors (Lipinski definition) is 5. The summed E-state index contributed by atoms with van der Waals surface area (Å²) < 4.78 is 27.6. The number of nitrogens with zero attached hydrogens (tertiary/aromatic N) is 2. The van der Waals surface area contributed by atoms with E-state index in [1.54, 1.807) is 6.07 Å². The molecule has 0 aliphatic carbocycles. The molecule has 3 rings (SSSR count). The van der Waals surface area contributed by atoms with Gasteiger partial charge in [-0.05, 0) is 6.07 Å². The molecule has 0 fully saturated rings. The van der Waals surface area contributed by atoms with Gasteiger partial charge in [0, 0.05) is 11.6 Å². The maximum atomic E-state index is 12.9. The van der Waals surface area contributed by atoms with E-state index < -0.39 is 25.0 Å². The topological polar surface area (TPSA) is 66.6 Å². The van der Waals surface area contributed by atoms with Gasteiger partial charge in [-0.2, -0.15) is 0 Å². The number of aliphatic hydroxyl groups is 1. The summed E-state index contributed by atoms with van der Waals surface area (Å²) >= 11 is 2.63. The largest absolute Gasteiger partial charge is 0.390 e. The Kier molecular flexibility index (Phi) is 3.19. The van der Waals surface area contributed by atoms with Crippen LogP contribution in [0, 0.1) is 0 Å². The first-order valence-electron chi connectivity index (χ1n) is 5.62. The SMILES string of the molecule is O=C(NCC(F)(F)CO)c1cc2c(nc3sccn32)s1. The fraction of sp³-hybridized carbons (Fsp3) is 0.273. The van der Waals surface area contributed by atoms with Crippen molar-refractivity contribution in [2.24, 2.45) is 0 Å². The van der Waals surface area contributed by atoms with E-state index in [0.717, 1.165) is 21.8 Å². The number of carbonyl (C=O) groups excluding carboxylic acids is 1. The highest BCUT2D eigenvalue weighted by Crippen LogP contribution is 2.28. The van der Waals surface area contributed by atoms with Gasteiger partial charge < -0.3 is 10.4 Å². The van der Waals surface area contributed by atoms with Gasteiger partial charge in [0.1, 0.15) is 11.4 Å².